The molecule has 212 valence electrons. The van der Waals surface area contributed by atoms with Crippen LogP contribution in [0.25, 0.3) is 22.3 Å². The number of fused-ring (bicyclic) bond motifs is 1. The molecule has 0 aliphatic heterocycles. The third-order valence-corrected chi connectivity index (χ3v) is 8.37. The Hall–Kier alpha value is -4.97. The van der Waals surface area contributed by atoms with E-state index in [1.807, 2.05) is 53.5 Å². The summed E-state index contributed by atoms with van der Waals surface area (Å²) >= 11 is 0. The Kier molecular flexibility index (Phi) is 7.69. The Morgan fingerprint density at radius 1 is 1.10 bits per heavy atom. The SMILES string of the molecule is Cc1cccc(Nc2ccccc2C(=O)OCn2ccc3c(-c4cnn([C@H](CC#N)C5CCCC5)c4)ncnc32)c1C. The third kappa shape index (κ3) is 5.36. The number of nitrogens with one attached hydrogen (secondary N) is 1. The standard InChI is InChI=1S/C33H33N7O2/c1-22-8-7-13-28(23(22)2)38-29-12-6-5-11-26(29)33(41)42-21-39-17-15-27-31(35-20-36-32(27)39)25-18-37-40(19-25)30(14-16-34)24-9-3-4-10-24/h5-8,11-13,15,17-20,24,30,38H,3-4,9-10,14,21H2,1-2H3/t30-/m1/s1. The molecule has 9 heteroatoms. The van der Waals surface area contributed by atoms with Gasteiger partial charge in [-0.2, -0.15) is 10.4 Å². The highest BCUT2D eigenvalue weighted by Crippen LogP contribution is 2.37. The van der Waals surface area contributed by atoms with Gasteiger partial charge in [0.05, 0.1) is 41.7 Å². The molecule has 0 saturated heterocycles. The van der Waals surface area contributed by atoms with Crippen LogP contribution in [-0.4, -0.2) is 30.3 Å². The van der Waals surface area contributed by atoms with E-state index >= 15 is 0 Å². The monoisotopic (exact) mass is 559 g/mol. The van der Waals surface area contributed by atoms with Gasteiger partial charge in [0.15, 0.2) is 6.73 Å². The smallest absolute Gasteiger partial charge is 0.341 e. The van der Waals surface area contributed by atoms with E-state index in [9.17, 15) is 10.1 Å². The van der Waals surface area contributed by atoms with Gasteiger partial charge >= 0.3 is 5.97 Å². The molecule has 3 heterocycles. The lowest BCUT2D eigenvalue weighted by Crippen LogP contribution is -2.17. The lowest BCUT2D eigenvalue weighted by atomic mass is 9.96. The van der Waals surface area contributed by atoms with E-state index in [1.54, 1.807) is 16.8 Å². The molecule has 0 unspecified atom stereocenters. The maximum absolute atomic E-state index is 13.2. The number of carbonyl (C=O) groups is 1. The van der Waals surface area contributed by atoms with Crippen LogP contribution >= 0.6 is 0 Å². The highest BCUT2D eigenvalue weighted by molar-refractivity contribution is 5.96. The van der Waals surface area contributed by atoms with Gasteiger partial charge in [-0.1, -0.05) is 37.1 Å². The topological polar surface area (TPSA) is 111 Å². The van der Waals surface area contributed by atoms with Crippen molar-refractivity contribution in [1.29, 1.82) is 5.26 Å². The summed E-state index contributed by atoms with van der Waals surface area (Å²) < 4.78 is 9.48. The van der Waals surface area contributed by atoms with Gasteiger partial charge in [-0.25, -0.2) is 14.8 Å². The largest absolute Gasteiger partial charge is 0.440 e. The van der Waals surface area contributed by atoms with Crippen molar-refractivity contribution in [3.63, 3.8) is 0 Å². The van der Waals surface area contributed by atoms with E-state index in [0.29, 0.717) is 29.2 Å². The van der Waals surface area contributed by atoms with Crippen molar-refractivity contribution in [3.8, 4) is 17.3 Å². The minimum atomic E-state index is -0.434. The van der Waals surface area contributed by atoms with E-state index in [-0.39, 0.29) is 12.8 Å². The second-order valence-electron chi connectivity index (χ2n) is 10.9. The van der Waals surface area contributed by atoms with E-state index in [2.05, 4.69) is 46.4 Å². The second-order valence-corrected chi connectivity index (χ2v) is 10.9. The van der Waals surface area contributed by atoms with E-state index in [1.165, 1.54) is 24.7 Å². The molecule has 3 aromatic heterocycles. The average Bonchev–Trinajstić information content (AvgIpc) is 3.79. The number of nitrogens with zero attached hydrogens (tertiary/aromatic N) is 6. The maximum atomic E-state index is 13.2. The Morgan fingerprint density at radius 3 is 2.74 bits per heavy atom. The number of carbonyl (C=O) groups excluding carboxylic acids is 1. The molecule has 5 aromatic rings. The minimum Gasteiger partial charge on any atom is -0.440 e. The molecule has 1 aliphatic rings. The number of para-hydroxylation sites is 1. The van der Waals surface area contributed by atoms with Gasteiger partial charge in [-0.3, -0.25) is 9.25 Å². The van der Waals surface area contributed by atoms with Gasteiger partial charge in [0.2, 0.25) is 0 Å². The van der Waals surface area contributed by atoms with Crippen molar-refractivity contribution in [1.82, 2.24) is 24.3 Å². The van der Waals surface area contributed by atoms with Crippen LogP contribution in [0.1, 0.15) is 59.6 Å². The predicted octanol–water partition coefficient (Wildman–Crippen LogP) is 7.11. The zero-order chi connectivity index (χ0) is 29.1. The Bertz CT molecular complexity index is 1770. The van der Waals surface area contributed by atoms with Crippen molar-refractivity contribution < 1.29 is 9.53 Å². The molecule has 2 aromatic carbocycles. The Balaban J connectivity index is 1.20. The summed E-state index contributed by atoms with van der Waals surface area (Å²) in [7, 11) is 0. The molecule has 0 spiro atoms. The molecule has 1 saturated carbocycles. The number of hydrogen-bond donors (Lipinski definition) is 1. The van der Waals surface area contributed by atoms with Crippen molar-refractivity contribution in [3.05, 3.63) is 90.1 Å². The summed E-state index contributed by atoms with van der Waals surface area (Å²) in [6.45, 7) is 4.12. The fourth-order valence-corrected chi connectivity index (χ4v) is 5.90. The number of anilines is 2. The molecule has 0 amide bonds. The first-order chi connectivity index (χ1) is 20.5. The highest BCUT2D eigenvalue weighted by atomic mass is 16.5. The van der Waals surface area contributed by atoms with Gasteiger partial charge in [0.1, 0.15) is 12.0 Å². The summed E-state index contributed by atoms with van der Waals surface area (Å²) in [5, 5.41) is 18.3. The van der Waals surface area contributed by atoms with Crippen LogP contribution in [0.4, 0.5) is 11.4 Å². The number of nitriles is 1. The molecule has 42 heavy (non-hydrogen) atoms. The first-order valence-electron chi connectivity index (χ1n) is 14.3. The molecule has 9 nitrogen and oxygen atoms in total. The quantitative estimate of drug-likeness (QED) is 0.192. The summed E-state index contributed by atoms with van der Waals surface area (Å²) in [6.07, 6.45) is 12.3. The summed E-state index contributed by atoms with van der Waals surface area (Å²) in [4.78, 5) is 22.3. The highest BCUT2D eigenvalue weighted by Gasteiger charge is 2.27. The van der Waals surface area contributed by atoms with Crippen LogP contribution in [0.2, 0.25) is 0 Å². The molecule has 6 rings (SSSR count). The first-order valence-corrected chi connectivity index (χ1v) is 14.3. The number of ether oxygens (including phenoxy) is 1. The lowest BCUT2D eigenvalue weighted by molar-refractivity contribution is 0.0380. The number of rotatable bonds is 9. The van der Waals surface area contributed by atoms with Gasteiger partial charge in [0.25, 0.3) is 0 Å². The molecular formula is C33H33N7O2. The number of esters is 1. The fraction of sp³-hybridized carbons (Fsp3) is 0.303. The van der Waals surface area contributed by atoms with Crippen molar-refractivity contribution in [2.75, 3.05) is 5.32 Å². The zero-order valence-electron chi connectivity index (χ0n) is 23.8. The first kappa shape index (κ1) is 27.2. The predicted molar refractivity (Wildman–Crippen MR) is 161 cm³/mol. The van der Waals surface area contributed by atoms with Crippen molar-refractivity contribution in [2.24, 2.45) is 5.92 Å². The minimum absolute atomic E-state index is 0.00177. The van der Waals surface area contributed by atoms with Crippen LogP contribution in [0.3, 0.4) is 0 Å². The summed E-state index contributed by atoms with van der Waals surface area (Å²) in [5.41, 5.74) is 6.65. The van der Waals surface area contributed by atoms with Crippen molar-refractivity contribution >= 4 is 28.4 Å². The van der Waals surface area contributed by atoms with Crippen LogP contribution in [-0.2, 0) is 11.5 Å². The average molecular weight is 560 g/mol. The molecule has 1 aliphatic carbocycles. The number of aromatic nitrogens is 5. The zero-order valence-corrected chi connectivity index (χ0v) is 23.8. The molecule has 0 radical (unpaired) electrons. The fourth-order valence-electron chi connectivity index (χ4n) is 5.90. The molecule has 1 atom stereocenters. The number of aryl methyl sites for hydroxylation is 1. The van der Waals surface area contributed by atoms with Crippen LogP contribution in [0.15, 0.2) is 73.4 Å². The maximum Gasteiger partial charge on any atom is 0.341 e. The van der Waals surface area contributed by atoms with Crippen molar-refractivity contribution in [2.45, 2.75) is 58.7 Å². The van der Waals surface area contributed by atoms with Gasteiger partial charge in [-0.15, -0.1) is 0 Å². The third-order valence-electron chi connectivity index (χ3n) is 8.37. The molecule has 0 bridgehead atoms. The van der Waals surface area contributed by atoms with Crippen LogP contribution in [0.5, 0.6) is 0 Å². The van der Waals surface area contributed by atoms with Gasteiger partial charge in [-0.05, 0) is 68.0 Å². The lowest BCUT2D eigenvalue weighted by Gasteiger charge is -2.21. The van der Waals surface area contributed by atoms with Crippen LogP contribution in [0, 0.1) is 31.1 Å². The van der Waals surface area contributed by atoms with E-state index < -0.39 is 5.97 Å². The number of hydrogen-bond acceptors (Lipinski definition) is 7. The molecular weight excluding hydrogens is 526 g/mol. The number of benzene rings is 2. The second kappa shape index (κ2) is 11.9. The Morgan fingerprint density at radius 2 is 1.90 bits per heavy atom. The normalized spacial score (nSPS) is 14.1. The molecule has 1 N–H and O–H groups in total. The Labute approximate surface area is 244 Å². The van der Waals surface area contributed by atoms with Crippen LogP contribution < -0.4 is 5.32 Å². The summed E-state index contributed by atoms with van der Waals surface area (Å²) in [6, 6.07) is 17.7. The van der Waals surface area contributed by atoms with E-state index in [0.717, 1.165) is 40.7 Å². The van der Waals surface area contributed by atoms with Gasteiger partial charge in [0, 0.05) is 29.0 Å². The summed E-state index contributed by atoms with van der Waals surface area (Å²) in [5.74, 6) is 0.0380. The molecule has 1 fully saturated rings. The van der Waals surface area contributed by atoms with E-state index in [4.69, 9.17) is 4.74 Å². The van der Waals surface area contributed by atoms with Gasteiger partial charge < -0.3 is 10.1 Å².